The second-order valence-electron chi connectivity index (χ2n) is 21.5. The summed E-state index contributed by atoms with van der Waals surface area (Å²) in [6, 6.07) is 107. The zero-order valence-corrected chi connectivity index (χ0v) is 43.1. The molecule has 0 bridgehead atoms. The smallest absolute Gasteiger partial charge is 0.0714 e. The minimum absolute atomic E-state index is 0.142. The fourth-order valence-electron chi connectivity index (χ4n) is 13.5. The molecule has 0 unspecified atom stereocenters. The van der Waals surface area contributed by atoms with Crippen molar-refractivity contribution >= 4 is 49.4 Å². The van der Waals surface area contributed by atoms with Crippen LogP contribution < -0.4 is 4.90 Å². The third-order valence-electron chi connectivity index (χ3n) is 17.1. The van der Waals surface area contributed by atoms with Crippen LogP contribution in [0.2, 0.25) is 0 Å². The molecular weight excluding hydrogens is 927 g/mol. The first-order valence-electron chi connectivity index (χ1n) is 27.0. The van der Waals surface area contributed by atoms with E-state index < -0.39 is 5.41 Å². The molecule has 2 aliphatic carbocycles. The van der Waals surface area contributed by atoms with Gasteiger partial charge in [-0.3, -0.25) is 0 Å². The first kappa shape index (κ1) is 44.9. The van der Waals surface area contributed by atoms with Crippen LogP contribution >= 0.6 is 0 Å². The molecule has 13 aromatic rings. The number of rotatable bonds is 8. The Bertz CT molecular complexity index is 4400. The lowest BCUT2D eigenvalue weighted by atomic mass is 9.67. The minimum Gasteiger partial charge on any atom is -0.310 e. The molecule has 362 valence electrons. The fraction of sp³-hybridized carbons (Fsp3) is 0.0526. The predicted molar refractivity (Wildman–Crippen MR) is 325 cm³/mol. The number of fused-ring (bicyclic) bond motifs is 12. The molecule has 0 amide bonds. The summed E-state index contributed by atoms with van der Waals surface area (Å²) in [7, 11) is 0. The molecular formula is C76H53N. The Kier molecular flexibility index (Phi) is 10.2. The maximum atomic E-state index is 2.58. The maximum Gasteiger partial charge on any atom is 0.0714 e. The standard InChI is InChI=1S/C76H53N/c1-75(2)70-32-18-16-31-64(70)69-46-57(43-45-71(69)75)77(58-42-44-65-63-30-17-19-33-72(63)76(73(65)47-58,55-22-8-4-9-23-55)56-24-10-5-11-25-56)74-49-68-62-29-15-13-27-60(62)59-26-12-14-28-61(59)67(68)48-66(74)54-40-38-53(39-41-54)52-36-34-51(35-37-52)50-20-6-3-7-21-50/h3-49H,1-2H3. The quantitative estimate of drug-likeness (QED) is 0.137. The van der Waals surface area contributed by atoms with Crippen molar-refractivity contribution in [3.05, 3.63) is 318 Å². The van der Waals surface area contributed by atoms with Crippen LogP contribution in [0.5, 0.6) is 0 Å². The van der Waals surface area contributed by atoms with Crippen molar-refractivity contribution in [3.63, 3.8) is 0 Å². The number of benzene rings is 13. The molecule has 0 spiro atoms. The van der Waals surface area contributed by atoms with E-state index in [9.17, 15) is 0 Å². The van der Waals surface area contributed by atoms with Crippen LogP contribution in [0.25, 0.3) is 88.0 Å². The Balaban J connectivity index is 1.02. The second-order valence-corrected chi connectivity index (χ2v) is 21.5. The summed E-state index contributed by atoms with van der Waals surface area (Å²) in [5.74, 6) is 0. The molecule has 2 aliphatic rings. The highest BCUT2D eigenvalue weighted by atomic mass is 15.1. The number of nitrogens with zero attached hydrogens (tertiary/aromatic N) is 1. The van der Waals surface area contributed by atoms with E-state index in [1.807, 2.05) is 0 Å². The highest BCUT2D eigenvalue weighted by Crippen LogP contribution is 2.58. The third kappa shape index (κ3) is 6.87. The van der Waals surface area contributed by atoms with Gasteiger partial charge < -0.3 is 4.90 Å². The van der Waals surface area contributed by atoms with Gasteiger partial charge in [-0.2, -0.15) is 0 Å². The van der Waals surface area contributed by atoms with Crippen molar-refractivity contribution in [3.8, 4) is 55.6 Å². The molecule has 0 fully saturated rings. The van der Waals surface area contributed by atoms with Crippen LogP contribution in [0.3, 0.4) is 0 Å². The van der Waals surface area contributed by atoms with Gasteiger partial charge in [-0.25, -0.2) is 0 Å². The van der Waals surface area contributed by atoms with Crippen LogP contribution in [0.1, 0.15) is 47.2 Å². The summed E-state index contributed by atoms with van der Waals surface area (Å²) in [6.07, 6.45) is 0. The predicted octanol–water partition coefficient (Wildman–Crippen LogP) is 20.3. The molecule has 0 N–H and O–H groups in total. The Morgan fingerprint density at radius 1 is 0.247 bits per heavy atom. The lowest BCUT2D eigenvalue weighted by Gasteiger charge is -2.35. The number of anilines is 3. The average molecular weight is 980 g/mol. The normalized spacial score (nSPS) is 13.5. The average Bonchev–Trinajstić information content (AvgIpc) is 4.18. The van der Waals surface area contributed by atoms with E-state index in [2.05, 4.69) is 304 Å². The van der Waals surface area contributed by atoms with Crippen LogP contribution in [0.15, 0.2) is 285 Å². The van der Waals surface area contributed by atoms with Gasteiger partial charge in [-0.1, -0.05) is 263 Å². The van der Waals surface area contributed by atoms with Gasteiger partial charge in [0.25, 0.3) is 0 Å². The summed E-state index contributed by atoms with van der Waals surface area (Å²) in [5.41, 5.74) is 22.6. The SMILES string of the molecule is CC1(C)c2ccccc2-c2cc(N(c3ccc4c(c3)C(c3ccccc3)(c3ccccc3)c3ccccc3-4)c3cc4c5ccccc5c5ccccc5c4cc3-c3ccc(-c4ccc(-c5ccccc5)cc4)cc3)ccc21. The molecule has 15 rings (SSSR count). The van der Waals surface area contributed by atoms with E-state index in [1.165, 1.54) is 110 Å². The summed E-state index contributed by atoms with van der Waals surface area (Å²) in [4.78, 5) is 2.58. The summed E-state index contributed by atoms with van der Waals surface area (Å²) < 4.78 is 0. The van der Waals surface area contributed by atoms with Crippen molar-refractivity contribution < 1.29 is 0 Å². The van der Waals surface area contributed by atoms with Gasteiger partial charge in [0.05, 0.1) is 11.1 Å². The van der Waals surface area contributed by atoms with Gasteiger partial charge >= 0.3 is 0 Å². The van der Waals surface area contributed by atoms with E-state index in [0.717, 1.165) is 28.2 Å². The fourth-order valence-corrected chi connectivity index (χ4v) is 13.5. The lowest BCUT2D eigenvalue weighted by Crippen LogP contribution is -2.28. The Hall–Kier alpha value is -9.56. The lowest BCUT2D eigenvalue weighted by molar-refractivity contribution is 0.660. The van der Waals surface area contributed by atoms with Gasteiger partial charge in [-0.05, 0) is 152 Å². The third-order valence-corrected chi connectivity index (χ3v) is 17.1. The topological polar surface area (TPSA) is 3.24 Å². The molecule has 1 heteroatoms. The minimum atomic E-state index is -0.576. The first-order chi connectivity index (χ1) is 37.9. The summed E-state index contributed by atoms with van der Waals surface area (Å²) >= 11 is 0. The van der Waals surface area contributed by atoms with Crippen molar-refractivity contribution in [2.75, 3.05) is 4.90 Å². The van der Waals surface area contributed by atoms with E-state index in [-0.39, 0.29) is 5.41 Å². The van der Waals surface area contributed by atoms with E-state index in [0.29, 0.717) is 0 Å². The molecule has 0 saturated heterocycles. The van der Waals surface area contributed by atoms with E-state index >= 15 is 0 Å². The van der Waals surface area contributed by atoms with Crippen LogP contribution in [-0.4, -0.2) is 0 Å². The van der Waals surface area contributed by atoms with Crippen LogP contribution in [0, 0.1) is 0 Å². The molecule has 0 heterocycles. The van der Waals surface area contributed by atoms with Gasteiger partial charge in [0.2, 0.25) is 0 Å². The summed E-state index contributed by atoms with van der Waals surface area (Å²) in [6.45, 7) is 4.75. The zero-order valence-electron chi connectivity index (χ0n) is 43.1. The van der Waals surface area contributed by atoms with Crippen molar-refractivity contribution in [2.24, 2.45) is 0 Å². The Morgan fingerprint density at radius 2 is 0.649 bits per heavy atom. The number of hydrogen-bond acceptors (Lipinski definition) is 1. The van der Waals surface area contributed by atoms with Gasteiger partial charge in [0.1, 0.15) is 0 Å². The summed E-state index contributed by atoms with van der Waals surface area (Å²) in [5, 5.41) is 7.46. The highest BCUT2D eigenvalue weighted by Gasteiger charge is 2.46. The molecule has 77 heavy (non-hydrogen) atoms. The molecule has 0 saturated carbocycles. The van der Waals surface area contributed by atoms with Gasteiger partial charge in [0, 0.05) is 22.4 Å². The van der Waals surface area contributed by atoms with Crippen LogP contribution in [0.4, 0.5) is 17.1 Å². The molecule has 0 radical (unpaired) electrons. The molecule has 0 atom stereocenters. The van der Waals surface area contributed by atoms with Crippen molar-refractivity contribution in [2.45, 2.75) is 24.7 Å². The Labute approximate surface area is 450 Å². The Morgan fingerprint density at radius 3 is 1.23 bits per heavy atom. The van der Waals surface area contributed by atoms with E-state index in [4.69, 9.17) is 0 Å². The number of hydrogen-bond donors (Lipinski definition) is 0. The molecule has 0 aromatic heterocycles. The highest BCUT2D eigenvalue weighted by molar-refractivity contribution is 6.27. The van der Waals surface area contributed by atoms with Crippen LogP contribution in [-0.2, 0) is 10.8 Å². The molecule has 0 aliphatic heterocycles. The molecule has 13 aromatic carbocycles. The van der Waals surface area contributed by atoms with Crippen molar-refractivity contribution in [1.29, 1.82) is 0 Å². The maximum absolute atomic E-state index is 2.58. The van der Waals surface area contributed by atoms with Gasteiger partial charge in [-0.15, -0.1) is 0 Å². The van der Waals surface area contributed by atoms with Crippen molar-refractivity contribution in [1.82, 2.24) is 0 Å². The first-order valence-corrected chi connectivity index (χ1v) is 27.0. The zero-order chi connectivity index (χ0) is 51.2. The molecule has 1 nitrogen and oxygen atoms in total. The monoisotopic (exact) mass is 979 g/mol. The van der Waals surface area contributed by atoms with Gasteiger partial charge in [0.15, 0.2) is 0 Å². The largest absolute Gasteiger partial charge is 0.310 e. The second kappa shape index (κ2) is 17.5. The van der Waals surface area contributed by atoms with E-state index in [1.54, 1.807) is 0 Å².